The van der Waals surface area contributed by atoms with Crippen molar-refractivity contribution in [3.8, 4) is 11.4 Å². The van der Waals surface area contributed by atoms with Crippen LogP contribution in [0, 0.1) is 0 Å². The number of esters is 1. The third-order valence-electron chi connectivity index (χ3n) is 6.28. The second-order valence-electron chi connectivity index (χ2n) is 10.6. The highest BCUT2D eigenvalue weighted by molar-refractivity contribution is 6.48. The molecule has 1 heterocycles. The van der Waals surface area contributed by atoms with Gasteiger partial charge in [0.1, 0.15) is 17.2 Å². The molecule has 0 saturated carbocycles. The van der Waals surface area contributed by atoms with Crippen molar-refractivity contribution < 1.29 is 23.9 Å². The Balaban J connectivity index is 1.96. The molecule has 0 saturated heterocycles. The molecule has 0 spiro atoms. The molecule has 1 aromatic carbocycles. The Morgan fingerprint density at radius 3 is 2.45 bits per heavy atom. The number of allylic oxidation sites excluding steroid dienone is 3. The van der Waals surface area contributed by atoms with Gasteiger partial charge in [-0.25, -0.2) is 9.78 Å². The van der Waals surface area contributed by atoms with Gasteiger partial charge in [0.15, 0.2) is 5.56 Å². The van der Waals surface area contributed by atoms with Gasteiger partial charge in [0.05, 0.1) is 0 Å². The van der Waals surface area contributed by atoms with Crippen molar-refractivity contribution in [2.45, 2.75) is 71.4 Å². The molecule has 10 nitrogen and oxygen atoms in total. The largest absolute Gasteiger partial charge is 0.456 e. The van der Waals surface area contributed by atoms with Gasteiger partial charge in [-0.05, 0) is 39.7 Å². The Morgan fingerprint density at radius 2 is 1.80 bits per heavy atom. The maximum absolute atomic E-state index is 13.9. The molecule has 0 radical (unpaired) electrons. The van der Waals surface area contributed by atoms with Gasteiger partial charge in [0.2, 0.25) is 17.5 Å². The molecular weight excluding hydrogens is 512 g/mol. The lowest BCUT2D eigenvalue weighted by atomic mass is 10.0. The minimum atomic E-state index is -0.864. The molecule has 3 N–H and O–H groups in total. The van der Waals surface area contributed by atoms with Crippen molar-refractivity contribution >= 4 is 29.3 Å². The molecule has 0 aliphatic heterocycles. The van der Waals surface area contributed by atoms with Crippen LogP contribution in [0.5, 0.6) is 0 Å². The van der Waals surface area contributed by atoms with Gasteiger partial charge in [-0.2, -0.15) is 0 Å². The Hall–Kier alpha value is -4.34. The maximum atomic E-state index is 13.9. The van der Waals surface area contributed by atoms with Gasteiger partial charge in [0.25, 0.3) is 5.56 Å². The quantitative estimate of drug-likeness (QED) is 0.245. The minimum absolute atomic E-state index is 0.0342. The summed E-state index contributed by atoms with van der Waals surface area (Å²) in [6, 6.07) is 8.54. The van der Waals surface area contributed by atoms with Gasteiger partial charge >= 0.3 is 5.97 Å². The summed E-state index contributed by atoms with van der Waals surface area (Å²) < 4.78 is 6.90. The van der Waals surface area contributed by atoms with E-state index in [0.717, 1.165) is 12.8 Å². The first-order valence-corrected chi connectivity index (χ1v) is 13.4. The number of ketones is 2. The predicted octanol–water partition coefficient (Wildman–Crippen LogP) is 3.71. The van der Waals surface area contributed by atoms with Crippen LogP contribution in [0.3, 0.4) is 0 Å². The summed E-state index contributed by atoms with van der Waals surface area (Å²) in [6.45, 7) is 7.02. The maximum Gasteiger partial charge on any atom is 0.348 e. The van der Waals surface area contributed by atoms with Crippen LogP contribution in [0.15, 0.2) is 58.9 Å². The Kier molecular flexibility index (Phi) is 9.93. The number of benzene rings is 1. The molecule has 1 aliphatic carbocycles. The van der Waals surface area contributed by atoms with Gasteiger partial charge in [-0.3, -0.25) is 23.7 Å². The number of aromatic nitrogens is 2. The average Bonchev–Trinajstić information content (AvgIpc) is 2.89. The lowest BCUT2D eigenvalue weighted by molar-refractivity contribution is -0.131. The molecule has 40 heavy (non-hydrogen) atoms. The van der Waals surface area contributed by atoms with Gasteiger partial charge in [-0.15, -0.1) is 0 Å². The molecule has 1 atom stereocenters. The van der Waals surface area contributed by atoms with Gasteiger partial charge in [0, 0.05) is 30.1 Å². The van der Waals surface area contributed by atoms with Crippen molar-refractivity contribution in [3.05, 3.63) is 70.1 Å². The lowest BCUT2D eigenvalue weighted by Crippen LogP contribution is -2.36. The zero-order valence-corrected chi connectivity index (χ0v) is 23.4. The Labute approximate surface area is 233 Å². The van der Waals surface area contributed by atoms with Crippen LogP contribution in [0.1, 0.15) is 76.2 Å². The van der Waals surface area contributed by atoms with E-state index in [2.05, 4.69) is 10.3 Å². The number of unbranched alkanes of at least 4 members (excludes halogenated alkanes) is 1. The van der Waals surface area contributed by atoms with Crippen molar-refractivity contribution in [2.75, 3.05) is 12.3 Å². The van der Waals surface area contributed by atoms with Crippen molar-refractivity contribution in [1.82, 2.24) is 14.9 Å². The monoisotopic (exact) mass is 548 g/mol. The van der Waals surface area contributed by atoms with E-state index in [4.69, 9.17) is 10.5 Å². The predicted molar refractivity (Wildman–Crippen MR) is 152 cm³/mol. The van der Waals surface area contributed by atoms with E-state index in [0.29, 0.717) is 17.8 Å². The summed E-state index contributed by atoms with van der Waals surface area (Å²) >= 11 is 0. The van der Waals surface area contributed by atoms with Gasteiger partial charge in [-0.1, -0.05) is 62.2 Å². The molecule has 10 heteroatoms. The number of hydrogen-bond acceptors (Lipinski definition) is 8. The Bertz CT molecular complexity index is 1400. The van der Waals surface area contributed by atoms with Crippen LogP contribution in [0.4, 0.5) is 5.82 Å². The molecule has 1 amide bonds. The van der Waals surface area contributed by atoms with Crippen molar-refractivity contribution in [3.63, 3.8) is 0 Å². The molecule has 2 aromatic rings. The number of nitrogens with zero attached hydrogens (tertiary/aromatic N) is 2. The van der Waals surface area contributed by atoms with Crippen molar-refractivity contribution in [1.29, 1.82) is 0 Å². The highest BCUT2D eigenvalue weighted by Crippen LogP contribution is 2.28. The van der Waals surface area contributed by atoms with E-state index in [1.807, 2.05) is 13.0 Å². The number of nitrogen functional groups attached to an aromatic ring is 1. The summed E-state index contributed by atoms with van der Waals surface area (Å²) in [5.74, 6) is -2.42. The number of anilines is 1. The number of carbonyl (C=O) groups excluding carboxylic acids is 4. The van der Waals surface area contributed by atoms with Crippen LogP contribution >= 0.6 is 0 Å². The first-order chi connectivity index (χ1) is 18.9. The van der Waals surface area contributed by atoms with Crippen LogP contribution in [0.2, 0.25) is 0 Å². The minimum Gasteiger partial charge on any atom is -0.456 e. The van der Waals surface area contributed by atoms with Gasteiger partial charge < -0.3 is 15.8 Å². The second kappa shape index (κ2) is 13.1. The Morgan fingerprint density at radius 1 is 1.10 bits per heavy atom. The fraction of sp³-hybridized carbons (Fsp3) is 0.400. The molecule has 3 rings (SSSR count). The number of ether oxygens (including phenoxy) is 1. The molecule has 1 unspecified atom stereocenters. The van der Waals surface area contributed by atoms with E-state index in [-0.39, 0.29) is 42.2 Å². The van der Waals surface area contributed by atoms with E-state index in [1.54, 1.807) is 45.0 Å². The number of nitrogens with one attached hydrogen (secondary N) is 1. The second-order valence-corrected chi connectivity index (χ2v) is 10.6. The average molecular weight is 549 g/mol. The third kappa shape index (κ3) is 7.62. The highest BCUT2D eigenvalue weighted by atomic mass is 16.6. The van der Waals surface area contributed by atoms with E-state index in [9.17, 15) is 24.0 Å². The SMILES string of the molecule is CCCCC(CCC(=O)NCC1=CC=CC(=O)C1=O)n1c(-c2ccccc2)nc(N)c(C(=O)OC(C)(C)C)c1=O. The molecule has 1 aromatic heterocycles. The van der Waals surface area contributed by atoms with Crippen LogP contribution in [-0.4, -0.2) is 45.1 Å². The smallest absolute Gasteiger partial charge is 0.348 e. The normalized spacial score (nSPS) is 14.1. The fourth-order valence-electron chi connectivity index (χ4n) is 4.32. The highest BCUT2D eigenvalue weighted by Gasteiger charge is 2.29. The van der Waals surface area contributed by atoms with E-state index >= 15 is 0 Å². The van der Waals surface area contributed by atoms with Crippen LogP contribution in [0.25, 0.3) is 11.4 Å². The number of carbonyl (C=O) groups is 4. The fourth-order valence-corrected chi connectivity index (χ4v) is 4.32. The standard InChI is InChI=1S/C30H36N4O6/c1-5-6-14-21(16-17-23(36)32-18-20-13-10-15-22(35)25(20)37)34-27(19-11-8-7-9-12-19)33-26(31)24(28(34)38)29(39)40-30(2,3)4/h7-13,15,21H,5-6,14,16-18,31H2,1-4H3,(H,32,36). The molecule has 212 valence electrons. The molecule has 0 fully saturated rings. The number of amides is 1. The van der Waals surface area contributed by atoms with E-state index < -0.39 is 34.7 Å². The number of Topliss-reactive ketones (excluding diaryl/α,β-unsaturated/α-hetero) is 1. The summed E-state index contributed by atoms with van der Waals surface area (Å²) in [7, 11) is 0. The van der Waals surface area contributed by atoms with Crippen molar-refractivity contribution in [2.24, 2.45) is 0 Å². The molecule has 0 bridgehead atoms. The summed E-state index contributed by atoms with van der Waals surface area (Å²) in [6.07, 6.45) is 6.60. The number of rotatable bonds is 11. The zero-order chi connectivity index (χ0) is 29.4. The topological polar surface area (TPSA) is 150 Å². The number of nitrogens with two attached hydrogens (primary N) is 1. The molecular formula is C30H36N4O6. The first kappa shape index (κ1) is 30.2. The van der Waals surface area contributed by atoms with Crippen LogP contribution < -0.4 is 16.6 Å². The summed E-state index contributed by atoms with van der Waals surface area (Å²) in [5, 5.41) is 2.68. The number of hydrogen-bond donors (Lipinski definition) is 2. The summed E-state index contributed by atoms with van der Waals surface area (Å²) in [5.41, 5.74) is 5.16. The van der Waals surface area contributed by atoms with Crippen LogP contribution in [-0.2, 0) is 19.1 Å². The lowest BCUT2D eigenvalue weighted by Gasteiger charge is -2.25. The van der Waals surface area contributed by atoms with E-state index in [1.165, 1.54) is 22.8 Å². The first-order valence-electron chi connectivity index (χ1n) is 13.4. The summed E-state index contributed by atoms with van der Waals surface area (Å²) in [4.78, 5) is 67.8. The zero-order valence-electron chi connectivity index (χ0n) is 23.4. The molecule has 1 aliphatic rings. The third-order valence-corrected chi connectivity index (χ3v) is 6.28.